The van der Waals surface area contributed by atoms with Gasteiger partial charge in [-0.2, -0.15) is 0 Å². The molecule has 132 valence electrons. The number of amides is 1. The van der Waals surface area contributed by atoms with Crippen LogP contribution in [0.1, 0.15) is 18.4 Å². The maximum absolute atomic E-state index is 12.5. The standard InChI is InChI=1S/C19H19Br2ClN2O/c20-15-3-1-13(2-4-15)12-24-9-7-14(8-10-24)19(25)23-16-5-6-17(21)18(22)11-16/h1-6,11,14H,7-10,12H2,(H,23,25). The van der Waals surface area contributed by atoms with Crippen molar-refractivity contribution in [2.24, 2.45) is 5.92 Å². The van der Waals surface area contributed by atoms with E-state index in [-0.39, 0.29) is 11.8 Å². The molecule has 0 aliphatic carbocycles. The largest absolute Gasteiger partial charge is 0.326 e. The Labute approximate surface area is 170 Å². The summed E-state index contributed by atoms with van der Waals surface area (Å²) in [5.74, 6) is 0.144. The van der Waals surface area contributed by atoms with Crippen LogP contribution in [0.5, 0.6) is 0 Å². The Morgan fingerprint density at radius 3 is 2.44 bits per heavy atom. The first-order valence-corrected chi connectivity index (χ1v) is 10.2. The van der Waals surface area contributed by atoms with Crippen molar-refractivity contribution in [3.63, 3.8) is 0 Å². The highest BCUT2D eigenvalue weighted by molar-refractivity contribution is 9.10. The van der Waals surface area contributed by atoms with Crippen LogP contribution >= 0.6 is 43.5 Å². The maximum Gasteiger partial charge on any atom is 0.227 e. The molecule has 1 amide bonds. The molecule has 1 N–H and O–H groups in total. The fourth-order valence-electron chi connectivity index (χ4n) is 3.02. The van der Waals surface area contributed by atoms with Crippen LogP contribution in [0.15, 0.2) is 51.4 Å². The van der Waals surface area contributed by atoms with Gasteiger partial charge in [-0.1, -0.05) is 39.7 Å². The molecule has 3 rings (SSSR count). The lowest BCUT2D eigenvalue weighted by Gasteiger charge is -2.31. The molecule has 25 heavy (non-hydrogen) atoms. The SMILES string of the molecule is O=C(Nc1ccc(Br)c(Cl)c1)C1CCN(Cc2ccc(Br)cc2)CC1. The van der Waals surface area contributed by atoms with Crippen molar-refractivity contribution in [2.75, 3.05) is 18.4 Å². The molecule has 0 atom stereocenters. The van der Waals surface area contributed by atoms with Gasteiger partial charge in [0.05, 0.1) is 5.02 Å². The number of carbonyl (C=O) groups is 1. The Bertz CT molecular complexity index is 744. The zero-order valence-electron chi connectivity index (χ0n) is 13.6. The number of hydrogen-bond acceptors (Lipinski definition) is 2. The summed E-state index contributed by atoms with van der Waals surface area (Å²) < 4.78 is 1.92. The van der Waals surface area contributed by atoms with Gasteiger partial charge in [-0.15, -0.1) is 0 Å². The summed E-state index contributed by atoms with van der Waals surface area (Å²) >= 11 is 12.9. The molecule has 0 aromatic heterocycles. The van der Waals surface area contributed by atoms with Gasteiger partial charge in [0.25, 0.3) is 0 Å². The molecule has 1 fully saturated rings. The minimum atomic E-state index is 0.0589. The van der Waals surface area contributed by atoms with Crippen molar-refractivity contribution < 1.29 is 4.79 Å². The second-order valence-corrected chi connectivity index (χ2v) is 8.47. The fraction of sp³-hybridized carbons (Fsp3) is 0.316. The third kappa shape index (κ3) is 5.30. The molecule has 0 radical (unpaired) electrons. The Morgan fingerprint density at radius 2 is 1.80 bits per heavy atom. The monoisotopic (exact) mass is 484 g/mol. The van der Waals surface area contributed by atoms with Gasteiger partial charge in [0, 0.05) is 27.1 Å². The van der Waals surface area contributed by atoms with Gasteiger partial charge in [-0.25, -0.2) is 0 Å². The maximum atomic E-state index is 12.5. The number of halogens is 3. The first-order valence-electron chi connectivity index (χ1n) is 8.24. The summed E-state index contributed by atoms with van der Waals surface area (Å²) in [5.41, 5.74) is 2.05. The van der Waals surface area contributed by atoms with E-state index < -0.39 is 0 Å². The summed E-state index contributed by atoms with van der Waals surface area (Å²) in [5, 5.41) is 3.58. The van der Waals surface area contributed by atoms with Crippen LogP contribution in [0.4, 0.5) is 5.69 Å². The first-order chi connectivity index (χ1) is 12.0. The van der Waals surface area contributed by atoms with E-state index in [0.717, 1.165) is 47.1 Å². The number of likely N-dealkylation sites (tertiary alicyclic amines) is 1. The number of nitrogens with one attached hydrogen (secondary N) is 1. The molecular formula is C19H19Br2ClN2O. The van der Waals surface area contributed by atoms with Crippen LogP contribution in [0.2, 0.25) is 5.02 Å². The van der Waals surface area contributed by atoms with E-state index >= 15 is 0 Å². The second-order valence-electron chi connectivity index (χ2n) is 6.30. The normalized spacial score (nSPS) is 16.0. The Balaban J connectivity index is 1.50. The highest BCUT2D eigenvalue weighted by Gasteiger charge is 2.25. The van der Waals surface area contributed by atoms with Gasteiger partial charge in [0.2, 0.25) is 5.91 Å². The third-order valence-electron chi connectivity index (χ3n) is 4.46. The van der Waals surface area contributed by atoms with Gasteiger partial charge in [-0.3, -0.25) is 9.69 Å². The average Bonchev–Trinajstić information content (AvgIpc) is 2.61. The highest BCUT2D eigenvalue weighted by Crippen LogP contribution is 2.27. The van der Waals surface area contributed by atoms with Crippen molar-refractivity contribution in [3.05, 3.63) is 62.0 Å². The molecular weight excluding hydrogens is 467 g/mol. The second kappa shape index (κ2) is 8.67. The predicted molar refractivity (Wildman–Crippen MR) is 110 cm³/mol. The van der Waals surface area contributed by atoms with Crippen LogP contribution in [0.3, 0.4) is 0 Å². The molecule has 6 heteroatoms. The van der Waals surface area contributed by atoms with Gasteiger partial charge in [0.1, 0.15) is 0 Å². The first kappa shape index (κ1) is 18.9. The Hall–Kier alpha value is -0.880. The molecule has 0 saturated carbocycles. The van der Waals surface area contributed by atoms with Gasteiger partial charge >= 0.3 is 0 Å². The molecule has 2 aromatic carbocycles. The third-order valence-corrected chi connectivity index (χ3v) is 6.23. The minimum Gasteiger partial charge on any atom is -0.326 e. The van der Waals surface area contributed by atoms with Crippen molar-refractivity contribution in [2.45, 2.75) is 19.4 Å². The smallest absolute Gasteiger partial charge is 0.227 e. The van der Waals surface area contributed by atoms with E-state index in [1.165, 1.54) is 5.56 Å². The number of anilines is 1. The van der Waals surface area contributed by atoms with Crippen LogP contribution in [-0.4, -0.2) is 23.9 Å². The number of rotatable bonds is 4. The molecule has 1 heterocycles. The van der Waals surface area contributed by atoms with E-state index in [2.05, 4.69) is 66.3 Å². The van der Waals surface area contributed by atoms with Crippen molar-refractivity contribution in [3.8, 4) is 0 Å². The molecule has 1 saturated heterocycles. The Kier molecular flexibility index (Phi) is 6.55. The van der Waals surface area contributed by atoms with E-state index in [9.17, 15) is 4.79 Å². The number of hydrogen-bond donors (Lipinski definition) is 1. The fourth-order valence-corrected chi connectivity index (χ4v) is 3.71. The van der Waals surface area contributed by atoms with E-state index in [1.807, 2.05) is 12.1 Å². The van der Waals surface area contributed by atoms with Gasteiger partial charge < -0.3 is 5.32 Å². The van der Waals surface area contributed by atoms with Crippen molar-refractivity contribution in [1.29, 1.82) is 0 Å². The molecule has 1 aliphatic heterocycles. The summed E-state index contributed by atoms with van der Waals surface area (Å²) in [6.07, 6.45) is 1.76. The van der Waals surface area contributed by atoms with Gasteiger partial charge in [0.15, 0.2) is 0 Å². The van der Waals surface area contributed by atoms with Crippen LogP contribution in [-0.2, 0) is 11.3 Å². The number of piperidine rings is 1. The van der Waals surface area contributed by atoms with E-state index in [4.69, 9.17) is 11.6 Å². The molecule has 0 spiro atoms. The lowest BCUT2D eigenvalue weighted by molar-refractivity contribution is -0.121. The van der Waals surface area contributed by atoms with Crippen LogP contribution in [0.25, 0.3) is 0 Å². The molecule has 3 nitrogen and oxygen atoms in total. The summed E-state index contributed by atoms with van der Waals surface area (Å²) in [4.78, 5) is 14.9. The van der Waals surface area contributed by atoms with Crippen LogP contribution < -0.4 is 5.32 Å². The van der Waals surface area contributed by atoms with E-state index in [1.54, 1.807) is 6.07 Å². The summed E-state index contributed by atoms with van der Waals surface area (Å²) in [6, 6.07) is 13.9. The molecule has 2 aromatic rings. The highest BCUT2D eigenvalue weighted by atomic mass is 79.9. The minimum absolute atomic E-state index is 0.0589. The lowest BCUT2D eigenvalue weighted by Crippen LogP contribution is -2.37. The van der Waals surface area contributed by atoms with Gasteiger partial charge in [-0.05, 0) is 77.8 Å². The predicted octanol–water partition coefficient (Wildman–Crippen LogP) is 5.72. The average molecular weight is 487 g/mol. The number of carbonyl (C=O) groups excluding carboxylic acids is 1. The zero-order valence-corrected chi connectivity index (χ0v) is 17.6. The zero-order chi connectivity index (χ0) is 17.8. The lowest BCUT2D eigenvalue weighted by atomic mass is 9.95. The number of benzene rings is 2. The molecule has 0 unspecified atom stereocenters. The van der Waals surface area contributed by atoms with Crippen LogP contribution in [0, 0.1) is 5.92 Å². The Morgan fingerprint density at radius 1 is 1.12 bits per heavy atom. The summed E-state index contributed by atoms with van der Waals surface area (Å²) in [6.45, 7) is 2.81. The van der Waals surface area contributed by atoms with E-state index in [0.29, 0.717) is 5.02 Å². The topological polar surface area (TPSA) is 32.3 Å². The quantitative estimate of drug-likeness (QED) is 0.600. The molecule has 0 bridgehead atoms. The van der Waals surface area contributed by atoms with Crippen molar-refractivity contribution in [1.82, 2.24) is 4.90 Å². The van der Waals surface area contributed by atoms with Crippen molar-refractivity contribution >= 4 is 55.1 Å². The molecule has 1 aliphatic rings. The number of nitrogens with zero attached hydrogens (tertiary/aromatic N) is 1. The summed E-state index contributed by atoms with van der Waals surface area (Å²) in [7, 11) is 0.